The Morgan fingerprint density at radius 2 is 1.92 bits per heavy atom. The molecule has 0 radical (unpaired) electrons. The summed E-state index contributed by atoms with van der Waals surface area (Å²) in [4.78, 5) is 13.7. The molecule has 3 rings (SSSR count). The van der Waals surface area contributed by atoms with Gasteiger partial charge in [-0.1, -0.05) is 19.1 Å². The Hall–Kier alpha value is -1.86. The van der Waals surface area contributed by atoms with Crippen molar-refractivity contribution in [3.05, 3.63) is 52.0 Å². The normalized spacial score (nSPS) is 16.5. The number of benzene rings is 2. The Bertz CT molecular complexity index is 955. The lowest BCUT2D eigenvalue weighted by Crippen LogP contribution is -2.33. The van der Waals surface area contributed by atoms with E-state index in [1.165, 1.54) is 6.92 Å². The van der Waals surface area contributed by atoms with Gasteiger partial charge >= 0.3 is 0 Å². The molecule has 0 fully saturated rings. The number of nitrogens with zero attached hydrogens (tertiary/aromatic N) is 1. The van der Waals surface area contributed by atoms with Gasteiger partial charge in [-0.3, -0.25) is 9.52 Å². The maximum Gasteiger partial charge on any atom is 0.263 e. The molecule has 0 bridgehead atoms. The van der Waals surface area contributed by atoms with Crippen molar-refractivity contribution < 1.29 is 13.2 Å². The molecule has 2 aromatic rings. The highest BCUT2D eigenvalue weighted by atomic mass is 79.9. The highest BCUT2D eigenvalue weighted by Gasteiger charge is 2.32. The third-order valence-electron chi connectivity index (χ3n) is 4.59. The van der Waals surface area contributed by atoms with E-state index in [1.807, 2.05) is 26.0 Å². The molecule has 1 N–H and O–H groups in total. The van der Waals surface area contributed by atoms with Crippen molar-refractivity contribution in [1.82, 2.24) is 0 Å². The van der Waals surface area contributed by atoms with Crippen LogP contribution in [-0.4, -0.2) is 20.4 Å². The van der Waals surface area contributed by atoms with Crippen LogP contribution in [-0.2, 0) is 27.7 Å². The minimum Gasteiger partial charge on any atom is -0.309 e. The Kier molecular flexibility index (Phi) is 5.12. The van der Waals surface area contributed by atoms with Crippen molar-refractivity contribution in [2.75, 3.05) is 9.62 Å². The maximum atomic E-state index is 12.9. The Morgan fingerprint density at radius 1 is 1.27 bits per heavy atom. The van der Waals surface area contributed by atoms with Crippen LogP contribution in [0, 0.1) is 0 Å². The van der Waals surface area contributed by atoms with E-state index < -0.39 is 10.0 Å². The molecule has 1 unspecified atom stereocenters. The molecule has 1 aliphatic rings. The van der Waals surface area contributed by atoms with Crippen LogP contribution in [0.3, 0.4) is 0 Å². The number of nitrogens with one attached hydrogen (secondary N) is 1. The molecule has 0 aromatic heterocycles. The molecule has 7 heteroatoms. The van der Waals surface area contributed by atoms with Gasteiger partial charge in [0.1, 0.15) is 4.90 Å². The van der Waals surface area contributed by atoms with Crippen LogP contribution in [0.15, 0.2) is 45.8 Å². The number of hydrogen-bond acceptors (Lipinski definition) is 3. The molecule has 0 aliphatic carbocycles. The Morgan fingerprint density at radius 3 is 2.50 bits per heavy atom. The summed E-state index contributed by atoms with van der Waals surface area (Å²) in [7, 11) is -3.79. The van der Waals surface area contributed by atoms with Crippen molar-refractivity contribution in [3.63, 3.8) is 0 Å². The Labute approximate surface area is 162 Å². The van der Waals surface area contributed by atoms with Gasteiger partial charge in [-0.15, -0.1) is 0 Å². The van der Waals surface area contributed by atoms with Gasteiger partial charge in [0.2, 0.25) is 5.91 Å². The van der Waals surface area contributed by atoms with E-state index in [0.717, 1.165) is 17.5 Å². The van der Waals surface area contributed by atoms with Crippen molar-refractivity contribution in [1.29, 1.82) is 0 Å². The zero-order valence-electron chi connectivity index (χ0n) is 14.9. The van der Waals surface area contributed by atoms with Crippen LogP contribution in [0.5, 0.6) is 0 Å². The number of amides is 1. The molecule has 0 saturated carbocycles. The summed E-state index contributed by atoms with van der Waals surface area (Å²) in [6, 6.07) is 10.7. The average molecular weight is 437 g/mol. The number of carbonyl (C=O) groups is 1. The highest BCUT2D eigenvalue weighted by molar-refractivity contribution is 9.10. The van der Waals surface area contributed by atoms with Crippen molar-refractivity contribution >= 4 is 43.2 Å². The number of carbonyl (C=O) groups excluding carboxylic acids is 1. The number of rotatable bonds is 4. The zero-order valence-corrected chi connectivity index (χ0v) is 17.3. The van der Waals surface area contributed by atoms with E-state index in [-0.39, 0.29) is 16.8 Å². The molecule has 26 heavy (non-hydrogen) atoms. The first kappa shape index (κ1) is 18.9. The van der Waals surface area contributed by atoms with E-state index >= 15 is 0 Å². The number of anilines is 2. The summed E-state index contributed by atoms with van der Waals surface area (Å²) in [6.45, 7) is 5.50. The second-order valence-electron chi connectivity index (χ2n) is 6.51. The summed E-state index contributed by atoms with van der Waals surface area (Å²) in [6.07, 6.45) is 1.60. The highest BCUT2D eigenvalue weighted by Crippen LogP contribution is 2.38. The van der Waals surface area contributed by atoms with Gasteiger partial charge in [0.25, 0.3) is 10.0 Å². The summed E-state index contributed by atoms with van der Waals surface area (Å²) in [5, 5.41) is 0. The molecule has 1 heterocycles. The van der Waals surface area contributed by atoms with Gasteiger partial charge in [0, 0.05) is 28.8 Å². The third-order valence-corrected chi connectivity index (χ3v) is 6.93. The van der Waals surface area contributed by atoms with Gasteiger partial charge in [0.15, 0.2) is 0 Å². The van der Waals surface area contributed by atoms with Crippen molar-refractivity contribution in [3.8, 4) is 0 Å². The lowest BCUT2D eigenvalue weighted by Gasteiger charge is -2.21. The van der Waals surface area contributed by atoms with Crippen molar-refractivity contribution in [2.24, 2.45) is 0 Å². The third kappa shape index (κ3) is 3.50. The second kappa shape index (κ2) is 7.04. The second-order valence-corrected chi connectivity index (χ2v) is 9.01. The number of halogens is 1. The van der Waals surface area contributed by atoms with Crippen LogP contribution >= 0.6 is 15.9 Å². The number of fused-ring (bicyclic) bond motifs is 1. The van der Waals surface area contributed by atoms with Crippen LogP contribution in [0.4, 0.5) is 11.4 Å². The molecular formula is C19H21BrN2O3S. The summed E-state index contributed by atoms with van der Waals surface area (Å²) in [5.41, 5.74) is 3.27. The van der Waals surface area contributed by atoms with Gasteiger partial charge in [-0.05, 0) is 71.1 Å². The molecule has 1 aliphatic heterocycles. The van der Waals surface area contributed by atoms with Crippen molar-refractivity contribution in [2.45, 2.75) is 44.6 Å². The molecule has 5 nitrogen and oxygen atoms in total. The monoisotopic (exact) mass is 436 g/mol. The molecule has 0 saturated heterocycles. The molecular weight excluding hydrogens is 416 g/mol. The molecule has 0 spiro atoms. The average Bonchev–Trinajstić information content (AvgIpc) is 2.89. The van der Waals surface area contributed by atoms with Gasteiger partial charge in [-0.25, -0.2) is 8.42 Å². The summed E-state index contributed by atoms with van der Waals surface area (Å²) in [5.74, 6) is -0.0926. The predicted molar refractivity (Wildman–Crippen MR) is 107 cm³/mol. The molecule has 1 amide bonds. The van der Waals surface area contributed by atoms with Crippen LogP contribution in [0.2, 0.25) is 0 Å². The summed E-state index contributed by atoms with van der Waals surface area (Å²) < 4.78 is 28.9. The lowest BCUT2D eigenvalue weighted by atomic mass is 10.1. The van der Waals surface area contributed by atoms with E-state index in [9.17, 15) is 13.2 Å². The number of hydrogen-bond donors (Lipinski definition) is 1. The van der Waals surface area contributed by atoms with E-state index in [2.05, 4.69) is 20.7 Å². The van der Waals surface area contributed by atoms with Gasteiger partial charge < -0.3 is 4.90 Å². The fraction of sp³-hybridized carbons (Fsp3) is 0.316. The fourth-order valence-electron chi connectivity index (χ4n) is 3.32. The quantitative estimate of drug-likeness (QED) is 0.783. The Balaban J connectivity index is 1.99. The minimum atomic E-state index is -3.79. The van der Waals surface area contributed by atoms with Gasteiger partial charge in [0.05, 0.1) is 0 Å². The fourth-order valence-corrected chi connectivity index (χ4v) is 5.49. The lowest BCUT2D eigenvalue weighted by molar-refractivity contribution is -0.116. The van der Waals surface area contributed by atoms with Gasteiger partial charge in [-0.2, -0.15) is 0 Å². The standard InChI is InChI=1S/C19H21BrN2O3S/c1-4-14-5-7-16(8-6-14)21-26(24,25)19-11-18-15(10-17(19)20)9-12(2)22(18)13(3)23/h5-8,10-12,21H,4,9H2,1-3H3. The smallest absolute Gasteiger partial charge is 0.263 e. The van der Waals surface area contributed by atoms with Crippen LogP contribution < -0.4 is 9.62 Å². The number of aryl methyl sites for hydroxylation is 1. The molecule has 2 aromatic carbocycles. The first-order valence-corrected chi connectivity index (χ1v) is 10.7. The van der Waals surface area contributed by atoms with Crippen LogP contribution in [0.25, 0.3) is 0 Å². The molecule has 138 valence electrons. The van der Waals surface area contributed by atoms with E-state index in [0.29, 0.717) is 22.3 Å². The minimum absolute atomic E-state index is 0.0156. The largest absolute Gasteiger partial charge is 0.309 e. The summed E-state index contributed by atoms with van der Waals surface area (Å²) >= 11 is 3.38. The maximum absolute atomic E-state index is 12.9. The predicted octanol–water partition coefficient (Wildman–Crippen LogP) is 4.11. The number of sulfonamides is 1. The zero-order chi connectivity index (χ0) is 19.1. The van der Waals surface area contributed by atoms with Crippen LogP contribution in [0.1, 0.15) is 31.9 Å². The van der Waals surface area contributed by atoms with E-state index in [4.69, 9.17) is 0 Å². The first-order chi connectivity index (χ1) is 12.2. The topological polar surface area (TPSA) is 66.5 Å². The first-order valence-electron chi connectivity index (χ1n) is 8.47. The SMILES string of the molecule is CCc1ccc(NS(=O)(=O)c2cc3c(cc2Br)CC(C)N3C(C)=O)cc1. The molecule has 1 atom stereocenters. The van der Waals surface area contributed by atoms with E-state index in [1.54, 1.807) is 29.2 Å².